The second kappa shape index (κ2) is 37.7. The highest BCUT2D eigenvalue weighted by atomic mass is 35.5. The van der Waals surface area contributed by atoms with Crippen molar-refractivity contribution in [3.63, 3.8) is 0 Å². The molecule has 4 heterocycles. The molecule has 107 heavy (non-hydrogen) atoms. The van der Waals surface area contributed by atoms with E-state index in [4.69, 9.17) is 54.2 Å². The number of aliphatic carboxylic acids is 2. The number of hydrogen-bond acceptors (Lipinski definition) is 24. The number of carboxylic acids is 2. The van der Waals surface area contributed by atoms with Crippen molar-refractivity contribution in [2.45, 2.75) is 166 Å². The molecular weight excluding hydrogens is 1420 g/mol. The molecule has 0 spiro atoms. The number of aryl methyl sites for hydroxylation is 1. The molecule has 33 nitrogen and oxygen atoms in total. The van der Waals surface area contributed by atoms with E-state index in [9.17, 15) is 73.8 Å². The second-order valence-electron chi connectivity index (χ2n) is 27.4. The van der Waals surface area contributed by atoms with Crippen LogP contribution in [0.1, 0.15) is 89.5 Å². The SMILES string of the molecule is CNN(C)Cc1cc2ccccc2n1CCC(=O)N[C@H](CCC(=O)O)C(=O)NCCOCCOCCC(=O)Nc1cc(COC(=O)N(C)[C@@H](C)C(=O)O[C@H]2CC(=O)N(C)c3cc(cc(OC)c3Cl)C/C(C)=C/C=C/[C@@H](OC)[C@@]3(O)C[C@H](OC(=O)N3)[C@@H](C)[C@@H]3C[C@]23C)ccc1OC1O[C@H](C(=O)O)[C@@H](O)[C@H](O)[C@H]1O. The van der Waals surface area contributed by atoms with E-state index in [0.717, 1.165) is 32.6 Å². The van der Waals surface area contributed by atoms with Gasteiger partial charge in [0.25, 0.3) is 0 Å². The number of carboxylic acid groups (broad SMARTS) is 2. The Hall–Kier alpha value is -9.00. The lowest BCUT2D eigenvalue weighted by Gasteiger charge is -2.42. The van der Waals surface area contributed by atoms with Crippen LogP contribution in [0.3, 0.4) is 0 Å². The summed E-state index contributed by atoms with van der Waals surface area (Å²) in [7, 11) is 9.33. The summed E-state index contributed by atoms with van der Waals surface area (Å²) in [5.41, 5.74) is 4.08. The third-order valence-electron chi connectivity index (χ3n) is 19.8. The maximum atomic E-state index is 14.6. The summed E-state index contributed by atoms with van der Waals surface area (Å²) in [6.45, 7) is 7.07. The molecule has 8 rings (SSSR count). The summed E-state index contributed by atoms with van der Waals surface area (Å²) in [5.74, 6) is -6.77. The second-order valence-corrected chi connectivity index (χ2v) is 27.8. The number of nitrogens with one attached hydrogen (secondary N) is 5. The van der Waals surface area contributed by atoms with Crippen LogP contribution < -0.4 is 41.1 Å². The minimum absolute atomic E-state index is 0.00573. The van der Waals surface area contributed by atoms with Gasteiger partial charge in [0.05, 0.1) is 64.3 Å². The third kappa shape index (κ3) is 21.7. The van der Waals surface area contributed by atoms with Crippen molar-refractivity contribution in [3.05, 3.63) is 106 Å². The summed E-state index contributed by atoms with van der Waals surface area (Å²) in [6.07, 6.45) is -10.4. The van der Waals surface area contributed by atoms with E-state index in [0.29, 0.717) is 37.4 Å². The van der Waals surface area contributed by atoms with Gasteiger partial charge < -0.3 is 98.7 Å². The molecule has 3 aromatic carbocycles. The van der Waals surface area contributed by atoms with E-state index in [1.165, 1.54) is 58.3 Å². The number of fused-ring (bicyclic) bond motifs is 6. The number of methoxy groups -OCH3 is 2. The van der Waals surface area contributed by atoms with Crippen molar-refractivity contribution in [2.75, 3.05) is 85.6 Å². The number of para-hydroxylation sites is 1. The number of aromatic nitrogens is 1. The molecule has 1 unspecified atom stereocenters. The van der Waals surface area contributed by atoms with Gasteiger partial charge in [-0.2, -0.15) is 0 Å². The average molecular weight is 1520 g/mol. The zero-order valence-corrected chi connectivity index (χ0v) is 62.2. The van der Waals surface area contributed by atoms with Crippen LogP contribution in [0.4, 0.5) is 21.0 Å². The number of alkyl carbamates (subject to hydrolysis) is 1. The number of likely N-dealkylation sites (N-methyl/N-ethyl adjacent to an activating group) is 1. The molecule has 4 bridgehead atoms. The van der Waals surface area contributed by atoms with E-state index < -0.39 is 138 Å². The molecule has 586 valence electrons. The lowest BCUT2D eigenvalue weighted by molar-refractivity contribution is -0.271. The summed E-state index contributed by atoms with van der Waals surface area (Å²) in [4.78, 5) is 122. The fourth-order valence-electron chi connectivity index (χ4n) is 13.2. The Labute approximate surface area is 623 Å². The number of rotatable bonds is 31. The number of nitrogens with zero attached hydrogens (tertiary/aromatic N) is 4. The topological polar surface area (TPSA) is 433 Å². The first-order valence-electron chi connectivity index (χ1n) is 35.0. The minimum Gasteiger partial charge on any atom is -0.495 e. The molecule has 0 radical (unpaired) electrons. The van der Waals surface area contributed by atoms with Crippen LogP contribution in [0.25, 0.3) is 10.9 Å². The number of halogens is 1. The highest BCUT2D eigenvalue weighted by molar-refractivity contribution is 6.35. The van der Waals surface area contributed by atoms with Gasteiger partial charge in [-0.05, 0) is 105 Å². The van der Waals surface area contributed by atoms with Gasteiger partial charge in [-0.3, -0.25) is 39.6 Å². The molecule has 11 N–H and O–H groups in total. The largest absolute Gasteiger partial charge is 0.495 e. The Bertz CT molecular complexity index is 3910. The molecule has 34 heteroatoms. The van der Waals surface area contributed by atoms with Crippen LogP contribution in [0.5, 0.6) is 11.5 Å². The van der Waals surface area contributed by atoms with E-state index in [1.54, 1.807) is 31.3 Å². The molecule has 2 saturated heterocycles. The van der Waals surface area contributed by atoms with Gasteiger partial charge in [0, 0.05) is 77.2 Å². The Balaban J connectivity index is 0.878. The Morgan fingerprint density at radius 3 is 2.32 bits per heavy atom. The lowest BCUT2D eigenvalue weighted by Crippen LogP contribution is -2.63. The Morgan fingerprint density at radius 1 is 0.888 bits per heavy atom. The third-order valence-corrected chi connectivity index (χ3v) is 20.2. The van der Waals surface area contributed by atoms with Crippen molar-refractivity contribution < 1.29 is 116 Å². The van der Waals surface area contributed by atoms with Crippen LogP contribution in [0.15, 0.2) is 84.5 Å². The number of esters is 1. The summed E-state index contributed by atoms with van der Waals surface area (Å²) in [5, 5.41) is 76.4. The van der Waals surface area contributed by atoms with E-state index in [1.807, 2.05) is 73.8 Å². The van der Waals surface area contributed by atoms with Gasteiger partial charge >= 0.3 is 30.1 Å². The number of amides is 6. The molecule has 1 saturated carbocycles. The molecule has 6 amide bonds. The number of aliphatic hydroxyl groups excluding tert-OH is 3. The minimum atomic E-state index is -2.05. The summed E-state index contributed by atoms with van der Waals surface area (Å²) in [6, 6.07) is 14.7. The van der Waals surface area contributed by atoms with Crippen LogP contribution in [0.2, 0.25) is 5.02 Å². The highest BCUT2D eigenvalue weighted by Crippen LogP contribution is 2.61. The first-order valence-corrected chi connectivity index (χ1v) is 35.4. The van der Waals surface area contributed by atoms with Crippen molar-refractivity contribution in [3.8, 4) is 11.5 Å². The fourth-order valence-corrected chi connectivity index (χ4v) is 13.5. The normalized spacial score (nSPS) is 25.8. The first kappa shape index (κ1) is 83.6. The van der Waals surface area contributed by atoms with Crippen LogP contribution >= 0.6 is 11.6 Å². The van der Waals surface area contributed by atoms with Gasteiger partial charge in [0.2, 0.25) is 29.9 Å². The molecule has 14 atom stereocenters. The van der Waals surface area contributed by atoms with Crippen molar-refractivity contribution in [1.82, 2.24) is 35.9 Å². The van der Waals surface area contributed by atoms with Gasteiger partial charge in [0.15, 0.2) is 11.8 Å². The first-order chi connectivity index (χ1) is 50.8. The van der Waals surface area contributed by atoms with E-state index >= 15 is 0 Å². The zero-order chi connectivity index (χ0) is 78.2. The number of anilines is 2. The van der Waals surface area contributed by atoms with E-state index in [-0.39, 0.29) is 99.4 Å². The van der Waals surface area contributed by atoms with Gasteiger partial charge in [-0.15, -0.1) is 0 Å². The average Bonchev–Trinajstić information content (AvgIpc) is 1.57. The Kier molecular flexibility index (Phi) is 29.5. The summed E-state index contributed by atoms with van der Waals surface area (Å²) < 4.78 is 53.5. The molecule has 3 fully saturated rings. The number of hydrogen-bond donors (Lipinski definition) is 11. The standard InChI is InChI=1S/C73H98ClN9O24/c1-40-14-13-17-55(100-10)73(98)37-54(105-70(96)79-73)41(2)47-36-72(47,4)56(35-59(86)82(8)51-32-44(30-40)33-53(99-9)61(51)74)106-68(95)42(3)81(7)71(97)103-39-43-18-20-52(104-69-64(91)62(89)63(90)65(107-69)67(93)94)49(31-43)78-58(85)23-26-101-28-29-102-27-24-76-66(92)48(19-21-60(87)88)77-57(84)22-25-83-46(38-80(6)75-5)34-45-15-11-12-16-50(45)83/h11-18,20,31-34,41-42,47-48,54-56,62-65,69,75,89-91,98H,19,21-30,35-39H2,1-10H3,(H,76,92)(H,77,84)(H,78,85)(H,79,96)(H,87,88)(H,93,94)/b17-13+,40-14+/t41-,42-,47-,48+,54-,55+,56-,62-,63-,64+,65-,69?,72-,73-/m0/s1. The quantitative estimate of drug-likeness (QED) is 0.0147. The van der Waals surface area contributed by atoms with Crippen LogP contribution in [-0.2, 0) is 92.8 Å². The fraction of sp³-hybridized carbons (Fsp3) is 0.548. The van der Waals surface area contributed by atoms with Crippen molar-refractivity contribution in [1.29, 1.82) is 0 Å². The van der Waals surface area contributed by atoms with Gasteiger partial charge in [-0.25, -0.2) is 24.2 Å². The zero-order valence-electron chi connectivity index (χ0n) is 61.4. The molecule has 1 aromatic heterocycles. The summed E-state index contributed by atoms with van der Waals surface area (Å²) >= 11 is 6.88. The number of allylic oxidation sites excluding steroid dienone is 3. The van der Waals surface area contributed by atoms with Gasteiger partial charge in [-0.1, -0.05) is 73.5 Å². The predicted octanol–water partition coefficient (Wildman–Crippen LogP) is 3.90. The maximum Gasteiger partial charge on any atom is 0.410 e. The number of carbonyl (C=O) groups excluding carboxylic acids is 7. The molecule has 3 aliphatic heterocycles. The number of hydrazine groups is 1. The van der Waals surface area contributed by atoms with Crippen molar-refractivity contribution in [2.24, 2.45) is 17.3 Å². The molecule has 4 aliphatic rings. The maximum absolute atomic E-state index is 14.6. The molecule has 4 aromatic rings. The Morgan fingerprint density at radius 2 is 1.62 bits per heavy atom. The van der Waals surface area contributed by atoms with E-state index in [2.05, 4.69) is 26.7 Å². The van der Waals surface area contributed by atoms with Crippen LogP contribution in [0, 0.1) is 17.3 Å². The molecular formula is C73H98ClN9O24. The monoisotopic (exact) mass is 1520 g/mol. The highest BCUT2D eigenvalue weighted by Gasteiger charge is 2.62. The number of aliphatic hydroxyl groups is 4. The van der Waals surface area contributed by atoms with Crippen LogP contribution in [-0.4, -0.2) is 241 Å². The molecule has 1 aliphatic carbocycles. The smallest absolute Gasteiger partial charge is 0.410 e. The van der Waals surface area contributed by atoms with Gasteiger partial charge in [0.1, 0.15) is 71.8 Å². The lowest BCUT2D eigenvalue weighted by atomic mass is 9.83. The van der Waals surface area contributed by atoms with Crippen molar-refractivity contribution >= 4 is 87.6 Å². The number of ether oxygens (including phenoxy) is 9. The number of benzene rings is 3. The predicted molar refractivity (Wildman–Crippen MR) is 384 cm³/mol. The number of carbonyl (C=O) groups is 9.